The van der Waals surface area contributed by atoms with Crippen LogP contribution in [-0.4, -0.2) is 25.4 Å². The third-order valence-corrected chi connectivity index (χ3v) is 4.47. The van der Waals surface area contributed by atoms with Gasteiger partial charge in [-0.2, -0.15) is 0 Å². The molecular weight excluding hydrogens is 288 g/mol. The maximum atomic E-state index is 12.2. The average molecular weight is 306 g/mol. The molecule has 0 saturated heterocycles. The summed E-state index contributed by atoms with van der Waals surface area (Å²) in [4.78, 5) is 7.87. The van der Waals surface area contributed by atoms with Crippen molar-refractivity contribution >= 4 is 16.0 Å². The van der Waals surface area contributed by atoms with Gasteiger partial charge in [0, 0.05) is 13.6 Å². The molecule has 2 aromatic rings. The predicted octanol–water partition coefficient (Wildman–Crippen LogP) is 1.56. The lowest BCUT2D eigenvalue weighted by molar-refractivity contribution is 0.580. The van der Waals surface area contributed by atoms with E-state index in [-0.39, 0.29) is 11.4 Å². The molecule has 0 aliphatic rings. The molecule has 0 fully saturated rings. The summed E-state index contributed by atoms with van der Waals surface area (Å²) in [6.45, 7) is 2.29. The lowest BCUT2D eigenvalue weighted by Crippen LogP contribution is -2.24. The van der Waals surface area contributed by atoms with E-state index in [1.165, 1.54) is 12.4 Å². The molecular formula is C14H18N4O2S. The molecule has 0 saturated carbocycles. The van der Waals surface area contributed by atoms with Gasteiger partial charge in [0.15, 0.2) is 0 Å². The number of aromatic nitrogens is 2. The molecule has 0 aliphatic heterocycles. The van der Waals surface area contributed by atoms with Crippen molar-refractivity contribution in [3.63, 3.8) is 0 Å². The first kappa shape index (κ1) is 15.4. The van der Waals surface area contributed by atoms with Gasteiger partial charge in [0.1, 0.15) is 4.90 Å². The average Bonchev–Trinajstić information content (AvgIpc) is 2.53. The molecule has 21 heavy (non-hydrogen) atoms. The fourth-order valence-corrected chi connectivity index (χ4v) is 2.81. The van der Waals surface area contributed by atoms with Crippen LogP contribution in [0.25, 0.3) is 0 Å². The van der Waals surface area contributed by atoms with Crippen LogP contribution in [0.5, 0.6) is 0 Å². The lowest BCUT2D eigenvalue weighted by Gasteiger charge is -2.10. The number of hydrogen-bond donors (Lipinski definition) is 2. The van der Waals surface area contributed by atoms with Crippen LogP contribution >= 0.6 is 0 Å². The third kappa shape index (κ3) is 3.77. The molecule has 0 radical (unpaired) electrons. The molecule has 0 spiro atoms. The van der Waals surface area contributed by atoms with Crippen molar-refractivity contribution in [1.82, 2.24) is 14.7 Å². The lowest BCUT2D eigenvalue weighted by atomic mass is 10.1. The first-order chi connectivity index (χ1) is 10.1. The van der Waals surface area contributed by atoms with Crippen molar-refractivity contribution in [2.24, 2.45) is 0 Å². The second-order valence-electron chi connectivity index (χ2n) is 4.44. The highest BCUT2D eigenvalue weighted by Crippen LogP contribution is 2.12. The van der Waals surface area contributed by atoms with Gasteiger partial charge in [0.2, 0.25) is 16.0 Å². The molecule has 6 nitrogen and oxygen atoms in total. The fourth-order valence-electron chi connectivity index (χ4n) is 1.92. The molecule has 112 valence electrons. The SMILES string of the molecule is CCc1ccccc1CNS(=O)(=O)c1cnc(NC)nc1. The number of hydrogen-bond acceptors (Lipinski definition) is 5. The Bertz CT molecular complexity index is 699. The van der Waals surface area contributed by atoms with E-state index < -0.39 is 10.0 Å². The van der Waals surface area contributed by atoms with Gasteiger partial charge < -0.3 is 5.32 Å². The smallest absolute Gasteiger partial charge is 0.243 e. The Morgan fingerprint density at radius 3 is 2.29 bits per heavy atom. The van der Waals surface area contributed by atoms with E-state index in [0.717, 1.165) is 17.5 Å². The van der Waals surface area contributed by atoms with Gasteiger partial charge in [-0.05, 0) is 17.5 Å². The highest BCUT2D eigenvalue weighted by atomic mass is 32.2. The van der Waals surface area contributed by atoms with Gasteiger partial charge in [-0.1, -0.05) is 31.2 Å². The molecule has 1 aromatic heterocycles. The summed E-state index contributed by atoms with van der Waals surface area (Å²) in [5.41, 5.74) is 2.10. The molecule has 0 unspecified atom stereocenters. The Labute approximate surface area is 124 Å². The summed E-state index contributed by atoms with van der Waals surface area (Å²) in [6, 6.07) is 7.76. The number of benzene rings is 1. The Balaban J connectivity index is 2.13. The Morgan fingerprint density at radius 2 is 1.71 bits per heavy atom. The van der Waals surface area contributed by atoms with E-state index in [1.54, 1.807) is 7.05 Å². The fraction of sp³-hybridized carbons (Fsp3) is 0.286. The van der Waals surface area contributed by atoms with E-state index in [4.69, 9.17) is 0 Å². The van der Waals surface area contributed by atoms with E-state index >= 15 is 0 Å². The standard InChI is InChI=1S/C14H18N4O2S/c1-3-11-6-4-5-7-12(11)8-18-21(19,20)13-9-16-14(15-2)17-10-13/h4-7,9-10,18H,3,8H2,1-2H3,(H,15,16,17). The van der Waals surface area contributed by atoms with Gasteiger partial charge in [-0.3, -0.25) is 0 Å². The summed E-state index contributed by atoms with van der Waals surface area (Å²) in [7, 11) is -1.94. The van der Waals surface area contributed by atoms with Crippen LogP contribution in [0.15, 0.2) is 41.6 Å². The topological polar surface area (TPSA) is 84.0 Å². The van der Waals surface area contributed by atoms with Crippen LogP contribution in [0.2, 0.25) is 0 Å². The Hall–Kier alpha value is -1.99. The Kier molecular flexibility index (Phi) is 4.87. The quantitative estimate of drug-likeness (QED) is 0.846. The molecule has 2 N–H and O–H groups in total. The second-order valence-corrected chi connectivity index (χ2v) is 6.21. The monoisotopic (exact) mass is 306 g/mol. The van der Waals surface area contributed by atoms with E-state index in [2.05, 4.69) is 20.0 Å². The summed E-state index contributed by atoms with van der Waals surface area (Å²) >= 11 is 0. The maximum absolute atomic E-state index is 12.2. The predicted molar refractivity (Wildman–Crippen MR) is 81.4 cm³/mol. The van der Waals surface area contributed by atoms with Gasteiger partial charge in [0.05, 0.1) is 12.4 Å². The van der Waals surface area contributed by atoms with Crippen molar-refractivity contribution in [3.05, 3.63) is 47.8 Å². The highest BCUT2D eigenvalue weighted by molar-refractivity contribution is 7.89. The van der Waals surface area contributed by atoms with Crippen molar-refractivity contribution in [3.8, 4) is 0 Å². The van der Waals surface area contributed by atoms with Crippen molar-refractivity contribution in [1.29, 1.82) is 0 Å². The van der Waals surface area contributed by atoms with Gasteiger partial charge >= 0.3 is 0 Å². The van der Waals surface area contributed by atoms with Gasteiger partial charge in [0.25, 0.3) is 0 Å². The van der Waals surface area contributed by atoms with E-state index in [0.29, 0.717) is 5.95 Å². The zero-order valence-corrected chi connectivity index (χ0v) is 12.8. The molecule has 7 heteroatoms. The van der Waals surface area contributed by atoms with Crippen LogP contribution in [0.1, 0.15) is 18.1 Å². The van der Waals surface area contributed by atoms with Crippen LogP contribution in [0.3, 0.4) is 0 Å². The molecule has 0 bridgehead atoms. The zero-order valence-electron chi connectivity index (χ0n) is 12.0. The summed E-state index contributed by atoms with van der Waals surface area (Å²) in [6.07, 6.45) is 3.43. The molecule has 0 aliphatic carbocycles. The van der Waals surface area contributed by atoms with Crippen LogP contribution < -0.4 is 10.0 Å². The maximum Gasteiger partial charge on any atom is 0.243 e. The summed E-state index contributed by atoms with van der Waals surface area (Å²) in [5.74, 6) is 0.380. The third-order valence-electron chi connectivity index (χ3n) is 3.11. The molecule has 1 heterocycles. The van der Waals surface area contributed by atoms with Crippen LogP contribution in [-0.2, 0) is 23.0 Å². The largest absolute Gasteiger partial charge is 0.357 e. The van der Waals surface area contributed by atoms with E-state index in [9.17, 15) is 8.42 Å². The van der Waals surface area contributed by atoms with Crippen molar-refractivity contribution in [2.75, 3.05) is 12.4 Å². The molecule has 0 atom stereocenters. The summed E-state index contributed by atoms with van der Waals surface area (Å²) < 4.78 is 27.0. The zero-order chi connectivity index (χ0) is 15.3. The van der Waals surface area contributed by atoms with Crippen molar-refractivity contribution < 1.29 is 8.42 Å². The molecule has 2 rings (SSSR count). The minimum absolute atomic E-state index is 0.0514. The van der Waals surface area contributed by atoms with Crippen LogP contribution in [0.4, 0.5) is 5.95 Å². The number of anilines is 1. The first-order valence-corrected chi connectivity index (χ1v) is 8.11. The number of sulfonamides is 1. The molecule has 0 amide bonds. The van der Waals surface area contributed by atoms with Gasteiger partial charge in [-0.25, -0.2) is 23.1 Å². The second kappa shape index (κ2) is 6.64. The van der Waals surface area contributed by atoms with Gasteiger partial charge in [-0.15, -0.1) is 0 Å². The normalized spacial score (nSPS) is 11.3. The highest BCUT2D eigenvalue weighted by Gasteiger charge is 2.15. The van der Waals surface area contributed by atoms with E-state index in [1.807, 2.05) is 31.2 Å². The number of nitrogens with zero attached hydrogens (tertiary/aromatic N) is 2. The summed E-state index contributed by atoms with van der Waals surface area (Å²) in [5, 5.41) is 2.74. The number of nitrogens with one attached hydrogen (secondary N) is 2. The number of rotatable bonds is 6. The Morgan fingerprint density at radius 1 is 1.10 bits per heavy atom. The number of aryl methyl sites for hydroxylation is 1. The van der Waals surface area contributed by atoms with Crippen LogP contribution in [0, 0.1) is 0 Å². The minimum Gasteiger partial charge on any atom is -0.357 e. The first-order valence-electron chi connectivity index (χ1n) is 6.63. The molecule has 1 aromatic carbocycles. The van der Waals surface area contributed by atoms with Crippen molar-refractivity contribution in [2.45, 2.75) is 24.8 Å². The minimum atomic E-state index is -3.61.